The molecule has 0 atom stereocenters. The smallest absolute Gasteiger partial charge is 0.389 e. The van der Waals surface area contributed by atoms with Crippen LogP contribution in [0.2, 0.25) is 0 Å². The second kappa shape index (κ2) is 7.92. The van der Waals surface area contributed by atoms with Crippen molar-refractivity contribution < 1.29 is 28.9 Å². The molecule has 28 heavy (non-hydrogen) atoms. The van der Waals surface area contributed by atoms with Gasteiger partial charge in [0.15, 0.2) is 5.75 Å². The number of aliphatic hydroxyl groups is 2. The molecule has 0 unspecified atom stereocenters. The molecular weight excluding hydrogens is 373 g/mol. The number of ether oxygens (including phenoxy) is 2. The van der Waals surface area contributed by atoms with Crippen molar-refractivity contribution in [2.75, 3.05) is 5.32 Å². The summed E-state index contributed by atoms with van der Waals surface area (Å²) in [6, 6.07) is 5.99. The van der Waals surface area contributed by atoms with Crippen LogP contribution in [0.4, 0.5) is 10.1 Å². The summed E-state index contributed by atoms with van der Waals surface area (Å²) < 4.78 is 23.9. The number of carbonyl (C=O) groups excluding carboxylic acids is 1. The second-order valence-electron chi connectivity index (χ2n) is 5.44. The highest BCUT2D eigenvalue weighted by Crippen LogP contribution is 2.25. The van der Waals surface area contributed by atoms with Crippen LogP contribution < -0.4 is 20.5 Å². The molecule has 144 valence electrons. The Morgan fingerprint density at radius 1 is 1.11 bits per heavy atom. The van der Waals surface area contributed by atoms with E-state index in [-0.39, 0.29) is 28.6 Å². The van der Waals surface area contributed by atoms with Crippen LogP contribution >= 0.6 is 0 Å². The first-order valence-corrected chi connectivity index (χ1v) is 7.72. The first kappa shape index (κ1) is 19.1. The quantitative estimate of drug-likeness (QED) is 0.453. The van der Waals surface area contributed by atoms with Gasteiger partial charge in [-0.25, -0.2) is 20.1 Å². The van der Waals surface area contributed by atoms with E-state index in [2.05, 4.69) is 25.0 Å². The van der Waals surface area contributed by atoms with Gasteiger partial charge in [-0.2, -0.15) is 0 Å². The molecule has 0 bridgehead atoms. The molecule has 0 fully saturated rings. The molecule has 11 heteroatoms. The van der Waals surface area contributed by atoms with Crippen molar-refractivity contribution in [3.8, 4) is 17.2 Å². The number of rotatable bonds is 6. The first-order valence-electron chi connectivity index (χ1n) is 7.72. The van der Waals surface area contributed by atoms with Gasteiger partial charge in [0.1, 0.15) is 29.3 Å². The zero-order valence-electron chi connectivity index (χ0n) is 14.1. The van der Waals surface area contributed by atoms with Crippen molar-refractivity contribution in [3.63, 3.8) is 0 Å². The SMILES string of the molecule is NC(O)(O)Oc1ccnc(C(=O)Nc2cc(F)cc(Oc3cncnc3)c2)c1. The second-order valence-corrected chi connectivity index (χ2v) is 5.44. The molecule has 0 aliphatic heterocycles. The van der Waals surface area contributed by atoms with Gasteiger partial charge in [0.2, 0.25) is 0 Å². The number of nitrogens with one attached hydrogen (secondary N) is 1. The summed E-state index contributed by atoms with van der Waals surface area (Å²) in [5.74, 6) is -1.06. The van der Waals surface area contributed by atoms with Crippen molar-refractivity contribution in [3.05, 3.63) is 66.8 Å². The number of halogens is 1. The number of aromatic nitrogens is 3. The standard InChI is InChI=1S/C17H14FN5O5/c18-10-3-11(5-13(4-10)27-14-7-20-9-21-8-14)23-16(24)15-6-12(1-2-22-15)28-17(19,25)26/h1-9,25-26H,19H2,(H,23,24). The Bertz CT molecular complexity index is 981. The van der Waals surface area contributed by atoms with Crippen LogP contribution in [0.1, 0.15) is 10.5 Å². The van der Waals surface area contributed by atoms with Gasteiger partial charge in [-0.05, 0) is 12.1 Å². The minimum atomic E-state index is -2.91. The van der Waals surface area contributed by atoms with Crippen LogP contribution in [0.15, 0.2) is 55.2 Å². The summed E-state index contributed by atoms with van der Waals surface area (Å²) in [6.45, 7) is 0. The fourth-order valence-electron chi connectivity index (χ4n) is 2.14. The lowest BCUT2D eigenvalue weighted by molar-refractivity contribution is -0.287. The lowest BCUT2D eigenvalue weighted by Crippen LogP contribution is -2.45. The number of carbonyl (C=O) groups is 1. The van der Waals surface area contributed by atoms with Gasteiger partial charge in [0, 0.05) is 30.1 Å². The molecule has 2 aromatic heterocycles. The summed E-state index contributed by atoms with van der Waals surface area (Å²) >= 11 is 0. The molecule has 2 heterocycles. The third-order valence-electron chi connectivity index (χ3n) is 3.13. The molecular formula is C17H14FN5O5. The van der Waals surface area contributed by atoms with E-state index in [1.807, 2.05) is 0 Å². The molecule has 10 nitrogen and oxygen atoms in total. The maximum absolute atomic E-state index is 13.9. The highest BCUT2D eigenvalue weighted by Gasteiger charge is 2.19. The van der Waals surface area contributed by atoms with Crippen LogP contribution in [0.25, 0.3) is 0 Å². The van der Waals surface area contributed by atoms with Crippen molar-refractivity contribution in [2.45, 2.75) is 6.10 Å². The number of nitrogens with two attached hydrogens (primary N) is 1. The van der Waals surface area contributed by atoms with Gasteiger partial charge >= 0.3 is 6.10 Å². The molecule has 1 amide bonds. The molecule has 3 aromatic rings. The maximum atomic E-state index is 13.9. The van der Waals surface area contributed by atoms with Gasteiger partial charge in [0.25, 0.3) is 5.91 Å². The van der Waals surface area contributed by atoms with Gasteiger partial charge in [-0.1, -0.05) is 0 Å². The third-order valence-corrected chi connectivity index (χ3v) is 3.13. The number of benzene rings is 1. The van der Waals surface area contributed by atoms with E-state index in [4.69, 9.17) is 20.7 Å². The van der Waals surface area contributed by atoms with Crippen molar-refractivity contribution in [1.29, 1.82) is 0 Å². The van der Waals surface area contributed by atoms with Gasteiger partial charge < -0.3 is 25.0 Å². The molecule has 0 saturated carbocycles. The van der Waals surface area contributed by atoms with Crippen molar-refractivity contribution in [1.82, 2.24) is 15.0 Å². The average Bonchev–Trinajstić information content (AvgIpc) is 2.61. The van der Waals surface area contributed by atoms with Gasteiger partial charge in [0.05, 0.1) is 12.4 Å². The monoisotopic (exact) mass is 387 g/mol. The minimum Gasteiger partial charge on any atom is -0.454 e. The number of pyridine rings is 1. The number of amides is 1. The molecule has 0 saturated heterocycles. The van der Waals surface area contributed by atoms with Gasteiger partial charge in [-0.3, -0.25) is 9.78 Å². The summed E-state index contributed by atoms with van der Waals surface area (Å²) in [7, 11) is 0. The van der Waals surface area contributed by atoms with E-state index in [1.54, 1.807) is 0 Å². The van der Waals surface area contributed by atoms with E-state index >= 15 is 0 Å². The fraction of sp³-hybridized carbons (Fsp3) is 0.0588. The van der Waals surface area contributed by atoms with Crippen molar-refractivity contribution in [2.24, 2.45) is 5.73 Å². The summed E-state index contributed by atoms with van der Waals surface area (Å²) in [5, 5.41) is 20.5. The van der Waals surface area contributed by atoms with Crippen LogP contribution in [0.5, 0.6) is 17.2 Å². The normalized spacial score (nSPS) is 11.0. The molecule has 3 rings (SSSR count). The van der Waals surface area contributed by atoms with Crippen LogP contribution in [-0.2, 0) is 0 Å². The number of hydrogen-bond donors (Lipinski definition) is 4. The highest BCUT2D eigenvalue weighted by molar-refractivity contribution is 6.03. The van der Waals surface area contributed by atoms with Crippen LogP contribution in [0.3, 0.4) is 0 Å². The first-order chi connectivity index (χ1) is 13.3. The fourth-order valence-corrected chi connectivity index (χ4v) is 2.14. The molecule has 0 spiro atoms. The number of hydrogen-bond acceptors (Lipinski definition) is 9. The Hall–Kier alpha value is -3.67. The average molecular weight is 387 g/mol. The Labute approximate surface area is 157 Å². The Morgan fingerprint density at radius 2 is 1.86 bits per heavy atom. The lowest BCUT2D eigenvalue weighted by atomic mass is 10.2. The topological polar surface area (TPSA) is 153 Å². The zero-order chi connectivity index (χ0) is 20.1. The largest absolute Gasteiger partial charge is 0.454 e. The summed E-state index contributed by atoms with van der Waals surface area (Å²) in [4.78, 5) is 23.8. The molecule has 1 aromatic carbocycles. The van der Waals surface area contributed by atoms with E-state index in [9.17, 15) is 9.18 Å². The van der Waals surface area contributed by atoms with Crippen LogP contribution in [0, 0.1) is 5.82 Å². The molecule has 5 N–H and O–H groups in total. The number of nitrogens with zero attached hydrogens (tertiary/aromatic N) is 3. The van der Waals surface area contributed by atoms with Crippen LogP contribution in [-0.4, -0.2) is 37.2 Å². The Balaban J connectivity index is 1.76. The maximum Gasteiger partial charge on any atom is 0.389 e. The summed E-state index contributed by atoms with van der Waals surface area (Å²) in [6.07, 6.45) is 2.39. The predicted molar refractivity (Wildman–Crippen MR) is 92.7 cm³/mol. The van der Waals surface area contributed by atoms with E-state index in [0.717, 1.165) is 18.2 Å². The lowest BCUT2D eigenvalue weighted by Gasteiger charge is -2.17. The number of anilines is 1. The highest BCUT2D eigenvalue weighted by atomic mass is 19.1. The van der Waals surface area contributed by atoms with E-state index in [0.29, 0.717) is 0 Å². The molecule has 0 aliphatic rings. The third kappa shape index (κ3) is 5.41. The van der Waals surface area contributed by atoms with Crippen molar-refractivity contribution >= 4 is 11.6 Å². The zero-order valence-corrected chi connectivity index (χ0v) is 14.1. The van der Waals surface area contributed by atoms with E-state index < -0.39 is 17.8 Å². The van der Waals surface area contributed by atoms with Gasteiger partial charge in [-0.15, -0.1) is 0 Å². The van der Waals surface area contributed by atoms with E-state index in [1.165, 1.54) is 37.1 Å². The minimum absolute atomic E-state index is 0.0995. The molecule has 0 aliphatic carbocycles. The predicted octanol–water partition coefficient (Wildman–Crippen LogP) is 0.989. The summed E-state index contributed by atoms with van der Waals surface area (Å²) in [5.41, 5.74) is 4.88. The molecule has 0 radical (unpaired) electrons. The Kier molecular flexibility index (Phi) is 5.40. The Morgan fingerprint density at radius 3 is 2.57 bits per heavy atom.